The first-order valence-electron chi connectivity index (χ1n) is 12.4. The number of hydrogen-bond donors (Lipinski definition) is 1. The van der Waals surface area contributed by atoms with Gasteiger partial charge in [-0.1, -0.05) is 59.8 Å². The Labute approximate surface area is 220 Å². The fourth-order valence-corrected chi connectivity index (χ4v) is 4.64. The van der Waals surface area contributed by atoms with Gasteiger partial charge in [-0.25, -0.2) is 9.69 Å². The van der Waals surface area contributed by atoms with Gasteiger partial charge in [0.25, 0.3) is 0 Å². The molecule has 38 heavy (non-hydrogen) atoms. The van der Waals surface area contributed by atoms with E-state index in [9.17, 15) is 14.7 Å². The average Bonchev–Trinajstić information content (AvgIpc) is 3.68. The minimum absolute atomic E-state index is 0.208. The maximum Gasteiger partial charge on any atom is 0.419 e. The van der Waals surface area contributed by atoms with Crippen LogP contribution in [-0.4, -0.2) is 36.0 Å². The van der Waals surface area contributed by atoms with Crippen molar-refractivity contribution < 1.29 is 28.7 Å². The standard InChI is InChI=1S/C30H28N2O6/c1-4-37-29(35)32(24-6-5-7-25(18-24)36-3)27-19(2)38-31-26(27)22-10-8-20(9-11-22)21-12-14-23(15-13-21)30(16-17-30)28(33)34/h5-15,18H,4,16-17H2,1-3H3,(H,33,34). The zero-order chi connectivity index (χ0) is 26.9. The highest BCUT2D eigenvalue weighted by molar-refractivity contribution is 6.00. The van der Waals surface area contributed by atoms with Gasteiger partial charge in [0.05, 0.1) is 24.8 Å². The lowest BCUT2D eigenvalue weighted by Crippen LogP contribution is -2.27. The molecule has 4 aromatic rings. The molecule has 5 rings (SSSR count). The molecule has 0 saturated heterocycles. The molecule has 3 aromatic carbocycles. The van der Waals surface area contributed by atoms with Crippen molar-refractivity contribution in [3.05, 3.63) is 84.1 Å². The summed E-state index contributed by atoms with van der Waals surface area (Å²) >= 11 is 0. The van der Waals surface area contributed by atoms with E-state index in [1.165, 1.54) is 4.90 Å². The van der Waals surface area contributed by atoms with Crippen molar-refractivity contribution in [3.8, 4) is 28.1 Å². The van der Waals surface area contributed by atoms with Gasteiger partial charge < -0.3 is 19.1 Å². The highest BCUT2D eigenvalue weighted by Gasteiger charge is 2.51. The number of hydrogen-bond acceptors (Lipinski definition) is 6. The number of carboxylic acids is 1. The molecule has 194 valence electrons. The third-order valence-corrected chi connectivity index (χ3v) is 6.91. The molecule has 0 bridgehead atoms. The first kappa shape index (κ1) is 25.1. The quantitative estimate of drug-likeness (QED) is 0.279. The number of rotatable bonds is 8. The van der Waals surface area contributed by atoms with E-state index in [0.29, 0.717) is 41.4 Å². The fraction of sp³-hybridized carbons (Fsp3) is 0.233. The van der Waals surface area contributed by atoms with Crippen LogP contribution in [-0.2, 0) is 14.9 Å². The summed E-state index contributed by atoms with van der Waals surface area (Å²) < 4.78 is 16.3. The number of benzene rings is 3. The fourth-order valence-electron chi connectivity index (χ4n) is 4.64. The molecule has 1 amide bonds. The second-order valence-corrected chi connectivity index (χ2v) is 9.21. The van der Waals surface area contributed by atoms with Crippen molar-refractivity contribution in [2.75, 3.05) is 18.6 Å². The number of methoxy groups -OCH3 is 1. The largest absolute Gasteiger partial charge is 0.497 e. The molecule has 8 heteroatoms. The van der Waals surface area contributed by atoms with Gasteiger partial charge in [-0.3, -0.25) is 4.79 Å². The van der Waals surface area contributed by atoms with Gasteiger partial charge in [0.15, 0.2) is 5.76 Å². The number of amides is 1. The predicted octanol–water partition coefficient (Wildman–Crippen LogP) is 6.74. The molecule has 0 spiro atoms. The smallest absolute Gasteiger partial charge is 0.419 e. The lowest BCUT2D eigenvalue weighted by Gasteiger charge is -2.22. The van der Waals surface area contributed by atoms with E-state index in [0.717, 1.165) is 22.3 Å². The van der Waals surface area contributed by atoms with E-state index < -0.39 is 17.5 Å². The van der Waals surface area contributed by atoms with Crippen LogP contribution >= 0.6 is 0 Å². The number of carbonyl (C=O) groups is 2. The second kappa shape index (κ2) is 10.0. The summed E-state index contributed by atoms with van der Waals surface area (Å²) in [4.78, 5) is 26.2. The Hall–Kier alpha value is -4.59. The number of nitrogens with zero attached hydrogens (tertiary/aromatic N) is 2. The minimum Gasteiger partial charge on any atom is -0.497 e. The van der Waals surface area contributed by atoms with Gasteiger partial charge in [-0.2, -0.15) is 0 Å². The maximum absolute atomic E-state index is 13.1. The van der Waals surface area contributed by atoms with Crippen LogP contribution in [0.5, 0.6) is 5.75 Å². The van der Waals surface area contributed by atoms with Crippen LogP contribution in [0.15, 0.2) is 77.3 Å². The molecule has 1 heterocycles. The molecule has 1 fully saturated rings. The highest BCUT2D eigenvalue weighted by atomic mass is 16.6. The molecule has 0 atom stereocenters. The van der Waals surface area contributed by atoms with Crippen molar-refractivity contribution in [1.82, 2.24) is 5.16 Å². The van der Waals surface area contributed by atoms with Gasteiger partial charge in [0.1, 0.15) is 17.1 Å². The molecular weight excluding hydrogens is 484 g/mol. The summed E-state index contributed by atoms with van der Waals surface area (Å²) in [5.74, 6) is 0.292. The number of carbonyl (C=O) groups excluding carboxylic acids is 1. The summed E-state index contributed by atoms with van der Waals surface area (Å²) in [6.45, 7) is 3.71. The second-order valence-electron chi connectivity index (χ2n) is 9.21. The number of aryl methyl sites for hydroxylation is 1. The number of carboxylic acid groups (broad SMARTS) is 1. The van der Waals surface area contributed by atoms with Crippen LogP contribution < -0.4 is 9.64 Å². The summed E-state index contributed by atoms with van der Waals surface area (Å²) in [6.07, 6.45) is 0.794. The lowest BCUT2D eigenvalue weighted by molar-refractivity contribution is -0.140. The summed E-state index contributed by atoms with van der Waals surface area (Å²) in [6, 6.07) is 22.6. The van der Waals surface area contributed by atoms with E-state index in [-0.39, 0.29) is 6.61 Å². The van der Waals surface area contributed by atoms with Crippen LogP contribution in [0.25, 0.3) is 22.4 Å². The third kappa shape index (κ3) is 4.49. The van der Waals surface area contributed by atoms with Gasteiger partial charge in [-0.15, -0.1) is 0 Å². The monoisotopic (exact) mass is 512 g/mol. The van der Waals surface area contributed by atoms with E-state index >= 15 is 0 Å². The molecule has 1 saturated carbocycles. The Morgan fingerprint density at radius 3 is 2.21 bits per heavy atom. The molecule has 1 N–H and O–H groups in total. The SMILES string of the molecule is CCOC(=O)N(c1cccc(OC)c1)c1c(-c2ccc(-c3ccc(C4(C(=O)O)CC4)cc3)cc2)noc1C. The topological polar surface area (TPSA) is 102 Å². The zero-order valence-corrected chi connectivity index (χ0v) is 21.4. The Balaban J connectivity index is 1.48. The van der Waals surface area contributed by atoms with E-state index in [1.807, 2.05) is 48.5 Å². The van der Waals surface area contributed by atoms with E-state index in [2.05, 4.69) is 5.16 Å². The summed E-state index contributed by atoms with van der Waals surface area (Å²) in [7, 11) is 1.56. The molecular formula is C30H28N2O6. The third-order valence-electron chi connectivity index (χ3n) is 6.91. The predicted molar refractivity (Wildman–Crippen MR) is 143 cm³/mol. The Morgan fingerprint density at radius 1 is 1.00 bits per heavy atom. The van der Waals surface area contributed by atoms with Gasteiger partial charge in [0, 0.05) is 11.6 Å². The normalized spacial score (nSPS) is 13.6. The molecule has 0 radical (unpaired) electrons. The van der Waals surface area contributed by atoms with Crippen LogP contribution in [0.4, 0.5) is 16.2 Å². The van der Waals surface area contributed by atoms with Crippen molar-refractivity contribution >= 4 is 23.4 Å². The van der Waals surface area contributed by atoms with Crippen molar-refractivity contribution in [1.29, 1.82) is 0 Å². The van der Waals surface area contributed by atoms with Crippen molar-refractivity contribution in [2.24, 2.45) is 0 Å². The highest BCUT2D eigenvalue weighted by Crippen LogP contribution is 2.48. The average molecular weight is 513 g/mol. The molecule has 8 nitrogen and oxygen atoms in total. The molecule has 0 aliphatic heterocycles. The van der Waals surface area contributed by atoms with E-state index in [4.69, 9.17) is 14.0 Å². The molecule has 1 aliphatic rings. The number of ether oxygens (including phenoxy) is 2. The van der Waals surface area contributed by atoms with Crippen LogP contribution in [0, 0.1) is 6.92 Å². The van der Waals surface area contributed by atoms with Crippen molar-refractivity contribution in [3.63, 3.8) is 0 Å². The zero-order valence-electron chi connectivity index (χ0n) is 21.4. The minimum atomic E-state index is -0.765. The van der Waals surface area contributed by atoms with Crippen LogP contribution in [0.1, 0.15) is 31.1 Å². The summed E-state index contributed by atoms with van der Waals surface area (Å²) in [5.41, 5.74) is 4.36. The lowest BCUT2D eigenvalue weighted by atomic mass is 9.93. The maximum atomic E-state index is 13.1. The van der Waals surface area contributed by atoms with Crippen molar-refractivity contribution in [2.45, 2.75) is 32.1 Å². The molecule has 1 aliphatic carbocycles. The summed E-state index contributed by atoms with van der Waals surface area (Å²) in [5, 5.41) is 13.8. The number of aliphatic carboxylic acids is 1. The van der Waals surface area contributed by atoms with Gasteiger partial charge >= 0.3 is 12.1 Å². The first-order valence-corrected chi connectivity index (χ1v) is 12.4. The van der Waals surface area contributed by atoms with Crippen LogP contribution in [0.2, 0.25) is 0 Å². The van der Waals surface area contributed by atoms with Crippen LogP contribution in [0.3, 0.4) is 0 Å². The number of anilines is 2. The Morgan fingerprint density at radius 2 is 1.63 bits per heavy atom. The molecule has 0 unspecified atom stereocenters. The Kier molecular flexibility index (Phi) is 6.63. The molecule has 1 aromatic heterocycles. The van der Waals surface area contributed by atoms with Gasteiger partial charge in [0.2, 0.25) is 0 Å². The van der Waals surface area contributed by atoms with E-state index in [1.54, 1.807) is 45.2 Å². The number of aromatic nitrogens is 1. The van der Waals surface area contributed by atoms with Gasteiger partial charge in [-0.05, 0) is 55.5 Å². The first-order chi connectivity index (χ1) is 18.4. The Bertz CT molecular complexity index is 1470.